The van der Waals surface area contributed by atoms with E-state index in [-0.39, 0.29) is 6.42 Å². The minimum Gasteiger partial charge on any atom is -0.361 e. The van der Waals surface area contributed by atoms with Crippen LogP contribution in [0.15, 0.2) is 30.5 Å². The van der Waals surface area contributed by atoms with Crippen molar-refractivity contribution in [3.63, 3.8) is 0 Å². The minimum absolute atomic E-state index is 0.0557. The molecule has 0 saturated heterocycles. The second-order valence-corrected chi connectivity index (χ2v) is 7.99. The lowest BCUT2D eigenvalue weighted by Crippen LogP contribution is -2.55. The quantitative estimate of drug-likeness (QED) is 0.635. The molecule has 0 aliphatic heterocycles. The van der Waals surface area contributed by atoms with Crippen LogP contribution in [0.1, 0.15) is 19.4 Å². The Labute approximate surface area is 145 Å². The van der Waals surface area contributed by atoms with Crippen LogP contribution in [0.2, 0.25) is 0 Å². The predicted molar refractivity (Wildman–Crippen MR) is 93.1 cm³/mol. The number of aromatic nitrogens is 1. The number of para-hydroxylation sites is 1. The van der Waals surface area contributed by atoms with Crippen LogP contribution < -0.4 is 11.1 Å². The van der Waals surface area contributed by atoms with Gasteiger partial charge in [-0.1, -0.05) is 18.2 Å². The average molecular weight is 367 g/mol. The summed E-state index contributed by atoms with van der Waals surface area (Å²) in [4.78, 5) is 27.4. The average Bonchev–Trinajstić information content (AvgIpc) is 2.87. The number of nitrogens with one attached hydrogen (secondary N) is 2. The van der Waals surface area contributed by atoms with Crippen molar-refractivity contribution in [2.75, 3.05) is 6.26 Å². The van der Waals surface area contributed by atoms with Gasteiger partial charge in [0.25, 0.3) is 0 Å². The maximum Gasteiger partial charge on any atom is 0.344 e. The van der Waals surface area contributed by atoms with E-state index < -0.39 is 33.6 Å². The number of amides is 1. The molecule has 0 unspecified atom stereocenters. The van der Waals surface area contributed by atoms with E-state index in [1.54, 1.807) is 6.20 Å². The first kappa shape index (κ1) is 18.9. The van der Waals surface area contributed by atoms with Gasteiger partial charge in [-0.2, -0.15) is 8.42 Å². The fourth-order valence-corrected chi connectivity index (χ4v) is 2.68. The predicted octanol–water partition coefficient (Wildman–Crippen LogP) is 0.435. The molecule has 1 heterocycles. The molecule has 0 radical (unpaired) electrons. The minimum atomic E-state index is -4.00. The second kappa shape index (κ2) is 6.85. The number of H-pyrrole nitrogens is 1. The van der Waals surface area contributed by atoms with Crippen LogP contribution in [0.25, 0.3) is 10.9 Å². The van der Waals surface area contributed by atoms with Crippen LogP contribution in [0.5, 0.6) is 0 Å². The van der Waals surface area contributed by atoms with Crippen LogP contribution in [0.3, 0.4) is 0 Å². The number of hydrogen-bond donors (Lipinski definition) is 3. The molecule has 1 amide bonds. The molecule has 4 N–H and O–H groups in total. The highest BCUT2D eigenvalue weighted by atomic mass is 32.2. The first-order valence-electron chi connectivity index (χ1n) is 7.55. The lowest BCUT2D eigenvalue weighted by atomic mass is 10.0. The van der Waals surface area contributed by atoms with Gasteiger partial charge >= 0.3 is 16.1 Å². The summed E-state index contributed by atoms with van der Waals surface area (Å²) in [5.74, 6) is -1.66. The van der Waals surface area contributed by atoms with Crippen molar-refractivity contribution < 1.29 is 22.2 Å². The van der Waals surface area contributed by atoms with Gasteiger partial charge in [0.2, 0.25) is 5.91 Å². The van der Waals surface area contributed by atoms with Gasteiger partial charge in [-0.15, -0.1) is 0 Å². The van der Waals surface area contributed by atoms with Gasteiger partial charge in [0.1, 0.15) is 6.04 Å². The smallest absolute Gasteiger partial charge is 0.344 e. The van der Waals surface area contributed by atoms with E-state index in [4.69, 9.17) is 5.73 Å². The number of carbonyl (C=O) groups excluding carboxylic acids is 2. The number of hydrogen-bond acceptors (Lipinski definition) is 6. The summed E-state index contributed by atoms with van der Waals surface area (Å²) in [6.45, 7) is 2.96. The van der Waals surface area contributed by atoms with Crippen LogP contribution in [-0.4, -0.2) is 43.1 Å². The lowest BCUT2D eigenvalue weighted by Gasteiger charge is -2.22. The molecule has 8 nitrogen and oxygen atoms in total. The Balaban J connectivity index is 2.30. The SMILES string of the molecule is CC(C)(N)C(=O)N[C@H](Cc1c[nH]c2ccccc12)C(=O)OS(C)(=O)=O. The number of fused-ring (bicyclic) bond motifs is 1. The summed E-state index contributed by atoms with van der Waals surface area (Å²) >= 11 is 0. The third-order valence-electron chi connectivity index (χ3n) is 3.51. The van der Waals surface area contributed by atoms with E-state index in [2.05, 4.69) is 14.5 Å². The lowest BCUT2D eigenvalue weighted by molar-refractivity contribution is -0.139. The standard InChI is InChI=1S/C16H21N3O5S/c1-16(2,17)15(21)19-13(14(20)24-25(3,22)23)8-10-9-18-12-7-5-4-6-11(10)12/h4-7,9,13,18H,8,17H2,1-3H3,(H,19,21)/t13-/m1/s1. The van der Waals surface area contributed by atoms with Gasteiger partial charge in [-0.05, 0) is 25.5 Å². The Morgan fingerprint density at radius 2 is 1.96 bits per heavy atom. The van der Waals surface area contributed by atoms with Crippen LogP contribution in [-0.2, 0) is 30.3 Å². The highest BCUT2D eigenvalue weighted by molar-refractivity contribution is 7.86. The van der Waals surface area contributed by atoms with Crippen molar-refractivity contribution in [3.8, 4) is 0 Å². The van der Waals surface area contributed by atoms with Crippen molar-refractivity contribution >= 4 is 32.9 Å². The van der Waals surface area contributed by atoms with Crippen molar-refractivity contribution in [1.82, 2.24) is 10.3 Å². The zero-order valence-corrected chi connectivity index (χ0v) is 15.0. The molecule has 0 spiro atoms. The molecule has 25 heavy (non-hydrogen) atoms. The Kier molecular flexibility index (Phi) is 5.19. The zero-order valence-electron chi connectivity index (χ0n) is 14.2. The molecule has 1 aromatic heterocycles. The topological polar surface area (TPSA) is 131 Å². The van der Waals surface area contributed by atoms with E-state index in [0.717, 1.165) is 22.7 Å². The third-order valence-corrected chi connectivity index (χ3v) is 3.97. The summed E-state index contributed by atoms with van der Waals surface area (Å²) in [5.41, 5.74) is 6.09. The summed E-state index contributed by atoms with van der Waals surface area (Å²) in [7, 11) is -4.00. The van der Waals surface area contributed by atoms with Gasteiger partial charge in [0, 0.05) is 23.5 Å². The Morgan fingerprint density at radius 1 is 1.32 bits per heavy atom. The number of benzene rings is 1. The van der Waals surface area contributed by atoms with Gasteiger partial charge < -0.3 is 20.2 Å². The molecule has 0 aliphatic rings. The zero-order chi connectivity index (χ0) is 18.8. The maximum absolute atomic E-state index is 12.2. The molecule has 2 aromatic rings. The fraction of sp³-hybridized carbons (Fsp3) is 0.375. The van der Waals surface area contributed by atoms with Crippen molar-refractivity contribution in [3.05, 3.63) is 36.0 Å². The number of nitrogens with two attached hydrogens (primary N) is 1. The summed E-state index contributed by atoms with van der Waals surface area (Å²) in [6, 6.07) is 6.23. The molecule has 0 fully saturated rings. The number of carbonyl (C=O) groups is 2. The molecule has 1 atom stereocenters. The highest BCUT2D eigenvalue weighted by Crippen LogP contribution is 2.19. The van der Waals surface area contributed by atoms with E-state index in [0.29, 0.717) is 0 Å². The van der Waals surface area contributed by atoms with E-state index in [9.17, 15) is 18.0 Å². The fourth-order valence-electron chi connectivity index (χ4n) is 2.27. The Hall–Kier alpha value is -2.39. The number of aromatic amines is 1. The molecule has 136 valence electrons. The molecule has 2 rings (SSSR count). The Morgan fingerprint density at radius 3 is 2.56 bits per heavy atom. The van der Waals surface area contributed by atoms with Crippen molar-refractivity contribution in [1.29, 1.82) is 0 Å². The van der Waals surface area contributed by atoms with Gasteiger partial charge in [-0.25, -0.2) is 4.79 Å². The summed E-state index contributed by atoms with van der Waals surface area (Å²) in [6.07, 6.45) is 2.52. The summed E-state index contributed by atoms with van der Waals surface area (Å²) < 4.78 is 27.0. The molecule has 0 saturated carbocycles. The van der Waals surface area contributed by atoms with Crippen molar-refractivity contribution in [2.24, 2.45) is 5.73 Å². The largest absolute Gasteiger partial charge is 0.361 e. The van der Waals surface area contributed by atoms with Crippen LogP contribution in [0.4, 0.5) is 0 Å². The normalized spacial score (nSPS) is 13.4. The number of rotatable bonds is 6. The molecular formula is C16H21N3O5S. The monoisotopic (exact) mass is 367 g/mol. The van der Waals surface area contributed by atoms with Gasteiger partial charge in [0.15, 0.2) is 0 Å². The molecule has 0 bridgehead atoms. The van der Waals surface area contributed by atoms with E-state index in [1.807, 2.05) is 24.3 Å². The van der Waals surface area contributed by atoms with Gasteiger partial charge in [0.05, 0.1) is 11.8 Å². The third kappa shape index (κ3) is 5.04. The van der Waals surface area contributed by atoms with Crippen LogP contribution >= 0.6 is 0 Å². The first-order valence-corrected chi connectivity index (χ1v) is 9.37. The van der Waals surface area contributed by atoms with Crippen molar-refractivity contribution in [2.45, 2.75) is 31.8 Å². The second-order valence-electron chi connectivity index (χ2n) is 6.42. The molecule has 9 heteroatoms. The van der Waals surface area contributed by atoms with Gasteiger partial charge in [-0.3, -0.25) is 4.79 Å². The van der Waals surface area contributed by atoms with Crippen LogP contribution in [0, 0.1) is 0 Å². The Bertz CT molecular complexity index is 896. The summed E-state index contributed by atoms with van der Waals surface area (Å²) in [5, 5.41) is 3.33. The first-order chi connectivity index (χ1) is 11.5. The highest BCUT2D eigenvalue weighted by Gasteiger charge is 2.31. The van der Waals surface area contributed by atoms with E-state index >= 15 is 0 Å². The maximum atomic E-state index is 12.2. The molecule has 0 aliphatic carbocycles. The van der Waals surface area contributed by atoms with E-state index in [1.165, 1.54) is 13.8 Å². The molecule has 1 aromatic carbocycles. The molecular weight excluding hydrogens is 346 g/mol.